The molecule has 0 saturated heterocycles. The number of hydrogen-bond donors (Lipinski definition) is 3. The SMILES string of the molecule is Cc1ccc(C)c(NC(=O)CSc2n[nH]c(=O)[nH]c2=O)c1. The van der Waals surface area contributed by atoms with E-state index in [1.807, 2.05) is 37.0 Å². The number of nitrogens with zero attached hydrogens (tertiary/aromatic N) is 1. The minimum Gasteiger partial charge on any atom is -0.325 e. The van der Waals surface area contributed by atoms with Gasteiger partial charge in [-0.05, 0) is 31.0 Å². The summed E-state index contributed by atoms with van der Waals surface area (Å²) in [6.07, 6.45) is 0. The standard InChI is InChI=1S/C13H14N4O3S/c1-7-3-4-8(2)9(5-7)14-10(18)6-21-12-11(19)15-13(20)17-16-12/h3-5H,6H2,1-2H3,(H,14,18)(H2,15,17,19,20). The topological polar surface area (TPSA) is 108 Å². The zero-order valence-electron chi connectivity index (χ0n) is 11.5. The van der Waals surface area contributed by atoms with Crippen LogP contribution in [0.3, 0.4) is 0 Å². The van der Waals surface area contributed by atoms with Gasteiger partial charge in [0.05, 0.1) is 5.75 Å². The molecule has 21 heavy (non-hydrogen) atoms. The Hall–Kier alpha value is -2.35. The summed E-state index contributed by atoms with van der Waals surface area (Å²) in [5.41, 5.74) is 1.46. The van der Waals surface area contributed by atoms with Crippen molar-refractivity contribution >= 4 is 23.4 Å². The van der Waals surface area contributed by atoms with Crippen molar-refractivity contribution in [1.82, 2.24) is 15.2 Å². The second kappa shape index (κ2) is 6.40. The zero-order valence-corrected chi connectivity index (χ0v) is 12.3. The highest BCUT2D eigenvalue weighted by molar-refractivity contribution is 7.99. The number of H-pyrrole nitrogens is 2. The van der Waals surface area contributed by atoms with E-state index in [0.717, 1.165) is 28.6 Å². The van der Waals surface area contributed by atoms with Crippen molar-refractivity contribution < 1.29 is 4.79 Å². The van der Waals surface area contributed by atoms with E-state index in [9.17, 15) is 14.4 Å². The van der Waals surface area contributed by atoms with Gasteiger partial charge in [-0.15, -0.1) is 0 Å². The molecule has 110 valence electrons. The number of aromatic amines is 2. The Kier molecular flexibility index (Phi) is 4.59. The average Bonchev–Trinajstić information content (AvgIpc) is 2.42. The molecule has 3 N–H and O–H groups in total. The molecular formula is C13H14N4O3S. The van der Waals surface area contributed by atoms with E-state index < -0.39 is 11.2 Å². The molecule has 7 nitrogen and oxygen atoms in total. The van der Waals surface area contributed by atoms with E-state index in [4.69, 9.17) is 0 Å². The monoisotopic (exact) mass is 306 g/mol. The molecule has 1 aromatic carbocycles. The summed E-state index contributed by atoms with van der Waals surface area (Å²) in [6, 6.07) is 5.76. The molecule has 0 bridgehead atoms. The van der Waals surface area contributed by atoms with Gasteiger partial charge in [0.25, 0.3) is 5.56 Å². The Bertz CT molecular complexity index is 781. The summed E-state index contributed by atoms with van der Waals surface area (Å²) in [6.45, 7) is 3.84. The summed E-state index contributed by atoms with van der Waals surface area (Å²) >= 11 is 0.956. The Labute approximate surface area is 124 Å². The van der Waals surface area contributed by atoms with Gasteiger partial charge in [0.2, 0.25) is 5.91 Å². The highest BCUT2D eigenvalue weighted by Gasteiger charge is 2.09. The average molecular weight is 306 g/mol. The Morgan fingerprint density at radius 2 is 2.10 bits per heavy atom. The van der Waals surface area contributed by atoms with Crippen molar-refractivity contribution in [3.63, 3.8) is 0 Å². The van der Waals surface area contributed by atoms with Gasteiger partial charge in [-0.3, -0.25) is 14.6 Å². The van der Waals surface area contributed by atoms with Crippen LogP contribution in [-0.2, 0) is 4.79 Å². The van der Waals surface area contributed by atoms with Gasteiger partial charge in [0.15, 0.2) is 5.03 Å². The first-order valence-corrected chi connectivity index (χ1v) is 7.13. The van der Waals surface area contributed by atoms with Crippen LogP contribution in [0.15, 0.2) is 32.8 Å². The number of amides is 1. The quantitative estimate of drug-likeness (QED) is 0.724. The third kappa shape index (κ3) is 4.06. The molecule has 0 unspecified atom stereocenters. The number of carbonyl (C=O) groups excluding carboxylic acids is 1. The molecule has 0 aliphatic carbocycles. The van der Waals surface area contributed by atoms with Crippen LogP contribution in [0, 0.1) is 13.8 Å². The van der Waals surface area contributed by atoms with Gasteiger partial charge in [0.1, 0.15) is 0 Å². The van der Waals surface area contributed by atoms with Crippen LogP contribution in [0.4, 0.5) is 5.69 Å². The van der Waals surface area contributed by atoms with E-state index in [-0.39, 0.29) is 16.7 Å². The maximum Gasteiger partial charge on any atom is 0.342 e. The second-order valence-electron chi connectivity index (χ2n) is 4.47. The first-order chi connectivity index (χ1) is 9.95. The molecule has 0 saturated carbocycles. The van der Waals surface area contributed by atoms with E-state index in [1.165, 1.54) is 0 Å². The number of thioether (sulfide) groups is 1. The normalized spacial score (nSPS) is 10.4. The Balaban J connectivity index is 2.00. The lowest BCUT2D eigenvalue weighted by molar-refractivity contribution is -0.113. The van der Waals surface area contributed by atoms with Crippen LogP contribution in [0.1, 0.15) is 11.1 Å². The first-order valence-electron chi connectivity index (χ1n) is 6.14. The van der Waals surface area contributed by atoms with Crippen LogP contribution in [0.25, 0.3) is 0 Å². The van der Waals surface area contributed by atoms with Gasteiger partial charge in [-0.2, -0.15) is 5.10 Å². The third-order valence-corrected chi connectivity index (χ3v) is 3.64. The summed E-state index contributed by atoms with van der Waals surface area (Å²) in [4.78, 5) is 36.2. The predicted octanol–water partition coefficient (Wildman–Crippen LogP) is 0.806. The van der Waals surface area contributed by atoms with Crippen LogP contribution in [0.2, 0.25) is 0 Å². The number of aromatic nitrogens is 3. The third-order valence-electron chi connectivity index (χ3n) is 2.69. The smallest absolute Gasteiger partial charge is 0.325 e. The van der Waals surface area contributed by atoms with Gasteiger partial charge in [0, 0.05) is 5.69 Å². The molecule has 1 aromatic heterocycles. The van der Waals surface area contributed by atoms with Gasteiger partial charge < -0.3 is 5.32 Å². The lowest BCUT2D eigenvalue weighted by Gasteiger charge is -2.08. The van der Waals surface area contributed by atoms with Crippen molar-refractivity contribution in [2.75, 3.05) is 11.1 Å². The molecule has 0 atom stereocenters. The van der Waals surface area contributed by atoms with Crippen molar-refractivity contribution in [3.8, 4) is 0 Å². The van der Waals surface area contributed by atoms with E-state index in [2.05, 4.69) is 15.5 Å². The second-order valence-corrected chi connectivity index (χ2v) is 5.43. The fourth-order valence-electron chi connectivity index (χ4n) is 1.63. The highest BCUT2D eigenvalue weighted by atomic mass is 32.2. The lowest BCUT2D eigenvalue weighted by atomic mass is 10.1. The summed E-state index contributed by atoms with van der Waals surface area (Å²) in [7, 11) is 0. The predicted molar refractivity (Wildman–Crippen MR) is 80.7 cm³/mol. The van der Waals surface area contributed by atoms with Crippen molar-refractivity contribution in [1.29, 1.82) is 0 Å². The lowest BCUT2D eigenvalue weighted by Crippen LogP contribution is -2.25. The Morgan fingerprint density at radius 1 is 1.33 bits per heavy atom. The summed E-state index contributed by atoms with van der Waals surface area (Å²) in [5, 5.41) is 8.53. The molecule has 0 aliphatic rings. The molecule has 0 aliphatic heterocycles. The largest absolute Gasteiger partial charge is 0.342 e. The highest BCUT2D eigenvalue weighted by Crippen LogP contribution is 2.17. The number of benzene rings is 1. The number of anilines is 1. The number of rotatable bonds is 4. The van der Waals surface area contributed by atoms with Crippen molar-refractivity contribution in [2.24, 2.45) is 0 Å². The maximum atomic E-state index is 11.9. The van der Waals surface area contributed by atoms with Crippen LogP contribution < -0.4 is 16.6 Å². The molecule has 0 radical (unpaired) electrons. The number of aryl methyl sites for hydroxylation is 2. The van der Waals surface area contributed by atoms with Crippen molar-refractivity contribution in [3.05, 3.63) is 50.2 Å². The number of hydrogen-bond acceptors (Lipinski definition) is 5. The zero-order chi connectivity index (χ0) is 15.4. The van der Waals surface area contributed by atoms with Gasteiger partial charge in [-0.1, -0.05) is 23.9 Å². The first kappa shape index (κ1) is 15.0. The molecule has 2 rings (SSSR count). The van der Waals surface area contributed by atoms with Gasteiger partial charge in [-0.25, -0.2) is 9.89 Å². The fourth-order valence-corrected chi connectivity index (χ4v) is 2.26. The minimum atomic E-state index is -0.677. The minimum absolute atomic E-state index is 0.0233. The molecule has 1 amide bonds. The molecule has 2 aromatic rings. The summed E-state index contributed by atoms with van der Waals surface area (Å²) in [5.74, 6) is -0.226. The molecule has 1 heterocycles. The molecule has 0 spiro atoms. The van der Waals surface area contributed by atoms with E-state index >= 15 is 0 Å². The van der Waals surface area contributed by atoms with E-state index in [0.29, 0.717) is 0 Å². The number of nitrogens with one attached hydrogen (secondary N) is 3. The molecule has 8 heteroatoms. The molecular weight excluding hydrogens is 292 g/mol. The number of carbonyl (C=O) groups is 1. The van der Waals surface area contributed by atoms with Crippen molar-refractivity contribution in [2.45, 2.75) is 18.9 Å². The van der Waals surface area contributed by atoms with Crippen LogP contribution >= 0.6 is 11.8 Å². The fraction of sp³-hybridized carbons (Fsp3) is 0.231. The van der Waals surface area contributed by atoms with E-state index in [1.54, 1.807) is 0 Å². The maximum absolute atomic E-state index is 11.9. The summed E-state index contributed by atoms with van der Waals surface area (Å²) < 4.78 is 0. The van der Waals surface area contributed by atoms with Gasteiger partial charge >= 0.3 is 5.69 Å². The van der Waals surface area contributed by atoms with Crippen LogP contribution in [-0.4, -0.2) is 26.8 Å². The van der Waals surface area contributed by atoms with Crippen LogP contribution in [0.5, 0.6) is 0 Å². The molecule has 0 fully saturated rings. The Morgan fingerprint density at radius 3 is 2.81 bits per heavy atom.